The smallest absolute Gasteiger partial charge is 0.196 e. The van der Waals surface area contributed by atoms with Gasteiger partial charge in [-0.2, -0.15) is 0 Å². The van der Waals surface area contributed by atoms with Crippen molar-refractivity contribution < 1.29 is 4.79 Å². The molecule has 4 nitrogen and oxygen atoms in total. The predicted octanol–water partition coefficient (Wildman–Crippen LogP) is 7.54. The monoisotopic (exact) mass is 495 g/mol. The third-order valence-corrected chi connectivity index (χ3v) is 8.64. The first-order valence-electron chi connectivity index (χ1n) is 13.4. The first-order valence-corrected chi connectivity index (χ1v) is 13.7. The van der Waals surface area contributed by atoms with E-state index in [2.05, 4.69) is 41.0 Å². The van der Waals surface area contributed by atoms with Gasteiger partial charge in [0.25, 0.3) is 0 Å². The largest absolute Gasteiger partial charge is 0.370 e. The molecule has 3 heterocycles. The van der Waals surface area contributed by atoms with E-state index in [0.717, 1.165) is 107 Å². The molecule has 3 aromatic carbocycles. The Labute approximate surface area is 216 Å². The Bertz CT molecular complexity index is 1550. The number of benzene rings is 3. The fourth-order valence-corrected chi connectivity index (χ4v) is 7.01. The molecule has 0 radical (unpaired) electrons. The van der Waals surface area contributed by atoms with Gasteiger partial charge in [0.15, 0.2) is 5.78 Å². The Morgan fingerprint density at radius 1 is 0.778 bits per heavy atom. The number of hydrogen-bond donors (Lipinski definition) is 0. The second-order valence-electron chi connectivity index (χ2n) is 10.6. The van der Waals surface area contributed by atoms with E-state index in [1.165, 1.54) is 18.4 Å². The molecule has 5 heteroatoms. The van der Waals surface area contributed by atoms with E-state index < -0.39 is 0 Å². The summed E-state index contributed by atoms with van der Waals surface area (Å²) in [5.74, 6) is 0.0737. The summed E-state index contributed by atoms with van der Waals surface area (Å²) in [5.41, 5.74) is 8.64. The normalized spacial score (nSPS) is 17.7. The van der Waals surface area contributed by atoms with Crippen LogP contribution in [0.25, 0.3) is 32.9 Å². The molecule has 2 saturated heterocycles. The number of piperidine rings is 2. The molecule has 1 aromatic heterocycles. The maximum atomic E-state index is 14.3. The maximum Gasteiger partial charge on any atom is 0.196 e. The van der Waals surface area contributed by atoms with Crippen molar-refractivity contribution in [3.05, 3.63) is 64.2 Å². The van der Waals surface area contributed by atoms with Crippen molar-refractivity contribution in [2.24, 2.45) is 0 Å². The van der Waals surface area contributed by atoms with Crippen LogP contribution in [0.15, 0.2) is 42.5 Å². The number of pyridine rings is 1. The number of carbonyl (C=O) groups is 1. The number of nitrogens with zero attached hydrogens (tertiary/aromatic N) is 3. The minimum absolute atomic E-state index is 0.0737. The summed E-state index contributed by atoms with van der Waals surface area (Å²) in [6.45, 7) is 5.93. The highest BCUT2D eigenvalue weighted by molar-refractivity contribution is 6.42. The van der Waals surface area contributed by atoms with Crippen LogP contribution in [0.2, 0.25) is 5.02 Å². The number of aryl methyl sites for hydroxylation is 1. The molecule has 2 fully saturated rings. The Hall–Kier alpha value is -3.11. The average molecular weight is 496 g/mol. The summed E-state index contributed by atoms with van der Waals surface area (Å²) in [4.78, 5) is 24.3. The lowest BCUT2D eigenvalue weighted by atomic mass is 9.80. The van der Waals surface area contributed by atoms with Crippen LogP contribution in [0.3, 0.4) is 0 Å². The molecule has 0 bridgehead atoms. The summed E-state index contributed by atoms with van der Waals surface area (Å²) in [5, 5.41) is 2.81. The van der Waals surface area contributed by atoms with Crippen LogP contribution in [-0.2, 0) is 0 Å². The zero-order chi connectivity index (χ0) is 24.4. The summed E-state index contributed by atoms with van der Waals surface area (Å²) >= 11 is 7.41. The summed E-state index contributed by atoms with van der Waals surface area (Å²) in [7, 11) is 0. The average Bonchev–Trinajstić information content (AvgIpc) is 2.92. The number of rotatable bonds is 2. The Morgan fingerprint density at radius 2 is 1.42 bits per heavy atom. The molecule has 1 aliphatic carbocycles. The van der Waals surface area contributed by atoms with Gasteiger partial charge < -0.3 is 9.80 Å². The van der Waals surface area contributed by atoms with E-state index in [9.17, 15) is 4.79 Å². The standard InChI is InChI=1S/C31H30ClN3O/c1-19-12-13-23-22(18-19)24-20-10-4-5-11-21(20)31(36)26-25(24)28(33-23)30(35-16-8-3-9-17-35)27(32)29(26)34-14-6-2-7-15-34/h4-5,10-13,18H,2-3,6-9,14-17H2,1H3. The third kappa shape index (κ3) is 3.20. The van der Waals surface area contributed by atoms with Gasteiger partial charge in [-0.25, -0.2) is 4.98 Å². The van der Waals surface area contributed by atoms with Crippen molar-refractivity contribution in [3.63, 3.8) is 0 Å². The van der Waals surface area contributed by atoms with Gasteiger partial charge in [0.1, 0.15) is 0 Å². The Balaban J connectivity index is 1.69. The lowest BCUT2D eigenvalue weighted by Gasteiger charge is -2.37. The van der Waals surface area contributed by atoms with Crippen LogP contribution in [-0.4, -0.2) is 36.9 Å². The van der Waals surface area contributed by atoms with E-state index in [1.54, 1.807) is 0 Å². The Morgan fingerprint density at radius 3 is 2.11 bits per heavy atom. The quantitative estimate of drug-likeness (QED) is 0.237. The van der Waals surface area contributed by atoms with Crippen LogP contribution in [0.1, 0.15) is 60.0 Å². The highest BCUT2D eigenvalue weighted by Crippen LogP contribution is 2.53. The molecule has 4 aromatic rings. The number of ketones is 1. The minimum Gasteiger partial charge on any atom is -0.370 e. The highest BCUT2D eigenvalue weighted by Gasteiger charge is 2.36. The number of carbonyl (C=O) groups excluding carboxylic acids is 1. The molecule has 0 saturated carbocycles. The topological polar surface area (TPSA) is 36.4 Å². The van der Waals surface area contributed by atoms with Crippen molar-refractivity contribution in [2.75, 3.05) is 36.0 Å². The molecule has 2 aliphatic heterocycles. The number of halogens is 1. The molecule has 0 amide bonds. The van der Waals surface area contributed by atoms with E-state index in [-0.39, 0.29) is 5.78 Å². The molecule has 3 aliphatic rings. The van der Waals surface area contributed by atoms with Crippen molar-refractivity contribution >= 4 is 50.6 Å². The van der Waals surface area contributed by atoms with Gasteiger partial charge in [0.05, 0.1) is 33.0 Å². The molecular weight excluding hydrogens is 466 g/mol. The summed E-state index contributed by atoms with van der Waals surface area (Å²) in [6.07, 6.45) is 7.03. The van der Waals surface area contributed by atoms with Gasteiger partial charge in [-0.3, -0.25) is 4.79 Å². The van der Waals surface area contributed by atoms with Crippen molar-refractivity contribution in [1.82, 2.24) is 4.98 Å². The van der Waals surface area contributed by atoms with Gasteiger partial charge in [-0.15, -0.1) is 0 Å². The van der Waals surface area contributed by atoms with Crippen LogP contribution < -0.4 is 9.80 Å². The van der Waals surface area contributed by atoms with Gasteiger partial charge in [-0.1, -0.05) is 47.5 Å². The SMILES string of the molecule is Cc1ccc2nc3c(N4CCCCC4)c(Cl)c(N4CCCCC4)c4c3c(c2c1)-c1ccccc1C4=O. The highest BCUT2D eigenvalue weighted by atomic mass is 35.5. The maximum absolute atomic E-state index is 14.3. The number of anilines is 2. The van der Waals surface area contributed by atoms with E-state index in [4.69, 9.17) is 16.6 Å². The molecular formula is C31H30ClN3O. The van der Waals surface area contributed by atoms with Gasteiger partial charge in [-0.05, 0) is 63.1 Å². The third-order valence-electron chi connectivity index (χ3n) is 8.28. The fraction of sp³-hybridized carbons (Fsp3) is 0.355. The second-order valence-corrected chi connectivity index (χ2v) is 11.0. The molecule has 36 heavy (non-hydrogen) atoms. The first-order chi connectivity index (χ1) is 17.6. The van der Waals surface area contributed by atoms with Gasteiger partial charge in [0.2, 0.25) is 0 Å². The molecule has 0 atom stereocenters. The number of fused-ring (bicyclic) bond motifs is 4. The fourth-order valence-electron chi connectivity index (χ4n) is 6.59. The van der Waals surface area contributed by atoms with Gasteiger partial charge >= 0.3 is 0 Å². The summed E-state index contributed by atoms with van der Waals surface area (Å²) in [6, 6.07) is 14.5. The lowest BCUT2D eigenvalue weighted by Crippen LogP contribution is -2.34. The minimum atomic E-state index is 0.0737. The number of aromatic nitrogens is 1. The van der Waals surface area contributed by atoms with E-state index in [0.29, 0.717) is 5.02 Å². The van der Waals surface area contributed by atoms with Crippen molar-refractivity contribution in [2.45, 2.75) is 45.4 Å². The molecule has 0 unspecified atom stereocenters. The molecule has 0 spiro atoms. The van der Waals surface area contributed by atoms with Crippen LogP contribution in [0.4, 0.5) is 11.4 Å². The molecule has 7 rings (SSSR count). The first kappa shape index (κ1) is 22.1. The van der Waals surface area contributed by atoms with Crippen molar-refractivity contribution in [3.8, 4) is 11.1 Å². The van der Waals surface area contributed by atoms with Crippen LogP contribution in [0, 0.1) is 6.92 Å². The van der Waals surface area contributed by atoms with Crippen LogP contribution >= 0.6 is 11.6 Å². The summed E-state index contributed by atoms with van der Waals surface area (Å²) < 4.78 is 0. The molecule has 0 N–H and O–H groups in total. The number of hydrogen-bond acceptors (Lipinski definition) is 4. The van der Waals surface area contributed by atoms with E-state index in [1.807, 2.05) is 18.2 Å². The second kappa shape index (κ2) is 8.48. The zero-order valence-electron chi connectivity index (χ0n) is 20.7. The molecule has 182 valence electrons. The van der Waals surface area contributed by atoms with Crippen LogP contribution in [0.5, 0.6) is 0 Å². The van der Waals surface area contributed by atoms with Crippen molar-refractivity contribution in [1.29, 1.82) is 0 Å². The van der Waals surface area contributed by atoms with Gasteiger partial charge in [0, 0.05) is 48.1 Å². The van der Waals surface area contributed by atoms with E-state index >= 15 is 0 Å². The lowest BCUT2D eigenvalue weighted by molar-refractivity contribution is 0.104. The Kier molecular flexibility index (Phi) is 5.21. The predicted molar refractivity (Wildman–Crippen MR) is 150 cm³/mol. The zero-order valence-corrected chi connectivity index (χ0v) is 21.5.